The summed E-state index contributed by atoms with van der Waals surface area (Å²) in [6.07, 6.45) is 2.97. The average Bonchev–Trinajstić information content (AvgIpc) is 3.13. The first-order chi connectivity index (χ1) is 15.0. The summed E-state index contributed by atoms with van der Waals surface area (Å²) in [6.45, 7) is 4.38. The lowest BCUT2D eigenvalue weighted by atomic mass is 9.95. The van der Waals surface area contributed by atoms with Gasteiger partial charge in [-0.3, -0.25) is 9.59 Å². The maximum absolute atomic E-state index is 13.3. The minimum atomic E-state index is -3.76. The number of sulfone groups is 1. The smallest absolute Gasteiger partial charge is 0.243 e. The predicted octanol–water partition coefficient (Wildman–Crippen LogP) is 2.11. The molecule has 0 radical (unpaired) electrons. The van der Waals surface area contributed by atoms with Crippen molar-refractivity contribution in [1.82, 2.24) is 9.21 Å². The van der Waals surface area contributed by atoms with Crippen molar-refractivity contribution in [2.45, 2.75) is 56.9 Å². The third-order valence-electron chi connectivity index (χ3n) is 6.37. The van der Waals surface area contributed by atoms with Crippen LogP contribution in [0.4, 0.5) is 0 Å². The minimum Gasteiger partial charge on any atom is -0.338 e. The zero-order valence-corrected chi connectivity index (χ0v) is 20.3. The topological polar surface area (TPSA) is 109 Å². The predicted molar refractivity (Wildman–Crippen MR) is 122 cm³/mol. The molecule has 0 aromatic heterocycles. The monoisotopic (exact) mass is 484 g/mol. The van der Waals surface area contributed by atoms with E-state index in [1.54, 1.807) is 17.0 Å². The number of piperidine rings is 1. The van der Waals surface area contributed by atoms with Crippen molar-refractivity contribution < 1.29 is 26.4 Å². The fourth-order valence-corrected chi connectivity index (χ4v) is 7.67. The Bertz CT molecular complexity index is 1060. The van der Waals surface area contributed by atoms with Gasteiger partial charge in [0.1, 0.15) is 0 Å². The van der Waals surface area contributed by atoms with Crippen molar-refractivity contribution in [2.24, 2.45) is 5.92 Å². The summed E-state index contributed by atoms with van der Waals surface area (Å²) >= 11 is 0. The normalized spacial score (nSPS) is 22.0. The molecule has 0 spiro atoms. The molecule has 2 aliphatic heterocycles. The Kier molecular flexibility index (Phi) is 7.77. The zero-order valence-electron chi connectivity index (χ0n) is 18.7. The molecule has 2 fully saturated rings. The van der Waals surface area contributed by atoms with E-state index in [2.05, 4.69) is 0 Å². The second-order valence-electron chi connectivity index (χ2n) is 8.70. The number of rotatable bonds is 8. The van der Waals surface area contributed by atoms with E-state index in [0.717, 1.165) is 12.8 Å². The highest BCUT2D eigenvalue weighted by Crippen LogP contribution is 2.28. The third kappa shape index (κ3) is 5.58. The van der Waals surface area contributed by atoms with E-state index in [0.29, 0.717) is 31.4 Å². The molecule has 2 aliphatic rings. The van der Waals surface area contributed by atoms with E-state index in [1.807, 2.05) is 6.92 Å². The first kappa shape index (κ1) is 24.9. The van der Waals surface area contributed by atoms with Crippen LogP contribution >= 0.6 is 0 Å². The van der Waals surface area contributed by atoms with Crippen LogP contribution in [0.2, 0.25) is 0 Å². The molecule has 178 valence electrons. The lowest BCUT2D eigenvalue weighted by molar-refractivity contribution is -0.138. The molecule has 0 saturated carbocycles. The molecule has 2 saturated heterocycles. The van der Waals surface area contributed by atoms with Crippen molar-refractivity contribution >= 4 is 31.6 Å². The van der Waals surface area contributed by atoms with Gasteiger partial charge in [-0.2, -0.15) is 4.31 Å². The molecule has 1 unspecified atom stereocenters. The van der Waals surface area contributed by atoms with Gasteiger partial charge < -0.3 is 4.90 Å². The summed E-state index contributed by atoms with van der Waals surface area (Å²) in [6, 6.07) is 5.73. The summed E-state index contributed by atoms with van der Waals surface area (Å²) in [4.78, 5) is 26.7. The van der Waals surface area contributed by atoms with Crippen molar-refractivity contribution in [1.29, 1.82) is 0 Å². The Labute approximate surface area is 190 Å². The van der Waals surface area contributed by atoms with E-state index in [4.69, 9.17) is 0 Å². The van der Waals surface area contributed by atoms with Gasteiger partial charge in [-0.1, -0.05) is 25.5 Å². The maximum Gasteiger partial charge on any atom is 0.243 e. The van der Waals surface area contributed by atoms with Crippen LogP contribution in [0.5, 0.6) is 0 Å². The number of carbonyl (C=O) groups excluding carboxylic acids is 2. The van der Waals surface area contributed by atoms with Gasteiger partial charge in [0.25, 0.3) is 0 Å². The zero-order chi connectivity index (χ0) is 23.5. The molecule has 1 aromatic carbocycles. The molecule has 2 heterocycles. The number of benzene rings is 1. The van der Waals surface area contributed by atoms with E-state index < -0.39 is 19.9 Å². The van der Waals surface area contributed by atoms with Crippen LogP contribution in [0.3, 0.4) is 0 Å². The molecule has 1 amide bonds. The van der Waals surface area contributed by atoms with Gasteiger partial charge in [0, 0.05) is 37.2 Å². The van der Waals surface area contributed by atoms with Crippen molar-refractivity contribution in [2.75, 3.05) is 31.1 Å². The number of ketones is 1. The molecule has 3 rings (SSSR count). The summed E-state index contributed by atoms with van der Waals surface area (Å²) in [7, 11) is -6.86. The average molecular weight is 485 g/mol. The quantitative estimate of drug-likeness (QED) is 0.523. The molecule has 1 atom stereocenters. The Morgan fingerprint density at radius 2 is 1.84 bits per heavy atom. The summed E-state index contributed by atoms with van der Waals surface area (Å²) in [5.41, 5.74) is 0.342. The molecular weight excluding hydrogens is 452 g/mol. The highest BCUT2D eigenvalue weighted by Gasteiger charge is 2.39. The molecule has 0 bridgehead atoms. The van der Waals surface area contributed by atoms with E-state index in [-0.39, 0.29) is 53.1 Å². The first-order valence-electron chi connectivity index (χ1n) is 11.2. The molecule has 0 N–H and O–H groups in total. The van der Waals surface area contributed by atoms with Crippen molar-refractivity contribution in [3.8, 4) is 0 Å². The van der Waals surface area contributed by atoms with Crippen LogP contribution in [0.25, 0.3) is 0 Å². The third-order valence-corrected chi connectivity index (χ3v) is 10.0. The maximum atomic E-state index is 13.3. The molecular formula is C22H32N2O6S2. The number of Topliss-reactive ketones (excluding diaryl/α,β-unsaturated/α-hetero) is 1. The highest BCUT2D eigenvalue weighted by molar-refractivity contribution is 7.91. The number of hydrogen-bond acceptors (Lipinski definition) is 6. The minimum absolute atomic E-state index is 0.0160. The van der Waals surface area contributed by atoms with Gasteiger partial charge in [0.15, 0.2) is 15.6 Å². The second-order valence-corrected chi connectivity index (χ2v) is 12.9. The second kappa shape index (κ2) is 10.0. The SMILES string of the molecule is CCCCN(C(=O)C1CCN(S(=O)(=O)c2cccc(C(C)=O)c2)CC1)C1CCS(=O)(=O)C1. The van der Waals surface area contributed by atoms with Crippen LogP contribution in [-0.4, -0.2) is 74.9 Å². The van der Waals surface area contributed by atoms with Gasteiger partial charge in [-0.25, -0.2) is 16.8 Å². The van der Waals surface area contributed by atoms with Crippen LogP contribution in [0, 0.1) is 5.92 Å². The Morgan fingerprint density at radius 3 is 2.41 bits per heavy atom. The number of nitrogens with zero attached hydrogens (tertiary/aromatic N) is 2. The summed E-state index contributed by atoms with van der Waals surface area (Å²) < 4.78 is 51.3. The highest BCUT2D eigenvalue weighted by atomic mass is 32.2. The number of sulfonamides is 1. The standard InChI is InChI=1S/C22H32N2O6S2/c1-3-4-11-24(20-10-14-31(27,28)16-20)22(26)18-8-12-23(13-9-18)32(29,30)21-7-5-6-19(15-21)17(2)25/h5-7,15,18,20H,3-4,8-14,16H2,1-2H3. The van der Waals surface area contributed by atoms with Gasteiger partial charge in [-0.15, -0.1) is 0 Å². The molecule has 0 aliphatic carbocycles. The number of hydrogen-bond donors (Lipinski definition) is 0. The van der Waals surface area contributed by atoms with Crippen LogP contribution in [-0.2, 0) is 24.7 Å². The van der Waals surface area contributed by atoms with Gasteiger partial charge >= 0.3 is 0 Å². The van der Waals surface area contributed by atoms with E-state index in [1.165, 1.54) is 23.4 Å². The lowest BCUT2D eigenvalue weighted by Crippen LogP contribution is -2.48. The van der Waals surface area contributed by atoms with Crippen molar-refractivity contribution in [3.63, 3.8) is 0 Å². The van der Waals surface area contributed by atoms with E-state index in [9.17, 15) is 26.4 Å². The Hall–Kier alpha value is -1.78. The van der Waals surface area contributed by atoms with Crippen LogP contribution < -0.4 is 0 Å². The molecule has 32 heavy (non-hydrogen) atoms. The lowest BCUT2D eigenvalue weighted by Gasteiger charge is -2.36. The van der Waals surface area contributed by atoms with Gasteiger partial charge in [-0.05, 0) is 44.7 Å². The van der Waals surface area contributed by atoms with Gasteiger partial charge in [0.05, 0.1) is 16.4 Å². The van der Waals surface area contributed by atoms with Crippen molar-refractivity contribution in [3.05, 3.63) is 29.8 Å². The number of unbranched alkanes of at least 4 members (excludes halogenated alkanes) is 1. The Morgan fingerprint density at radius 1 is 1.16 bits per heavy atom. The summed E-state index contributed by atoms with van der Waals surface area (Å²) in [5, 5.41) is 0. The summed E-state index contributed by atoms with van der Waals surface area (Å²) in [5.74, 6) is -0.444. The van der Waals surface area contributed by atoms with Gasteiger partial charge in [0.2, 0.25) is 15.9 Å². The molecule has 10 heteroatoms. The first-order valence-corrected chi connectivity index (χ1v) is 14.4. The van der Waals surface area contributed by atoms with Crippen LogP contribution in [0.15, 0.2) is 29.2 Å². The molecule has 8 nitrogen and oxygen atoms in total. The largest absolute Gasteiger partial charge is 0.338 e. The van der Waals surface area contributed by atoms with Crippen LogP contribution in [0.1, 0.15) is 56.3 Å². The fraction of sp³-hybridized carbons (Fsp3) is 0.636. The van der Waals surface area contributed by atoms with E-state index >= 15 is 0 Å². The number of carbonyl (C=O) groups is 2. The molecule has 1 aromatic rings. The Balaban J connectivity index is 1.68. The number of amides is 1. The fourth-order valence-electron chi connectivity index (χ4n) is 4.42.